The van der Waals surface area contributed by atoms with E-state index in [2.05, 4.69) is 6.58 Å². The topological polar surface area (TPSA) is 48.0 Å². The average Bonchev–Trinajstić information content (AvgIpc) is 2.43. The zero-order chi connectivity index (χ0) is 15.5. The van der Waals surface area contributed by atoms with Crippen LogP contribution < -0.4 is 0 Å². The first-order chi connectivity index (χ1) is 9.47. The Hall–Kier alpha value is -1.75. The van der Waals surface area contributed by atoms with Gasteiger partial charge in [0.25, 0.3) is 0 Å². The Kier molecular flexibility index (Phi) is 9.20. The maximum absolute atomic E-state index is 11.8. The number of hydrogen-bond donors (Lipinski definition) is 0. The van der Waals surface area contributed by atoms with Crippen molar-refractivity contribution in [1.82, 2.24) is 4.90 Å². The Balaban J connectivity index is 5.04. The summed E-state index contributed by atoms with van der Waals surface area (Å²) in [7, 11) is 6.58. The Morgan fingerprint density at radius 3 is 2.30 bits per heavy atom. The number of ether oxygens (including phenoxy) is 3. The molecule has 0 heterocycles. The monoisotopic (exact) mass is 283 g/mol. The van der Waals surface area contributed by atoms with Crippen LogP contribution in [0.15, 0.2) is 35.8 Å². The molecule has 0 saturated carbocycles. The molecule has 0 aromatic carbocycles. The van der Waals surface area contributed by atoms with Gasteiger partial charge in [-0.15, -0.1) is 0 Å². The van der Waals surface area contributed by atoms with Crippen molar-refractivity contribution in [1.29, 1.82) is 0 Å². The molecule has 0 unspecified atom stereocenters. The Labute approximate surface area is 121 Å². The Bertz CT molecular complexity index is 383. The molecule has 0 atom stereocenters. The summed E-state index contributed by atoms with van der Waals surface area (Å²) in [5.41, 5.74) is 0.563. The van der Waals surface area contributed by atoms with Gasteiger partial charge in [-0.1, -0.05) is 6.58 Å². The smallest absolute Gasteiger partial charge is 0.249 e. The normalized spacial score (nSPS) is 12.6. The van der Waals surface area contributed by atoms with E-state index in [4.69, 9.17) is 14.2 Å². The van der Waals surface area contributed by atoms with Gasteiger partial charge in [0.15, 0.2) is 11.5 Å². The van der Waals surface area contributed by atoms with Crippen LogP contribution in [0.3, 0.4) is 0 Å². The first-order valence-corrected chi connectivity index (χ1v) is 6.40. The first kappa shape index (κ1) is 18.2. The zero-order valence-corrected chi connectivity index (χ0v) is 13.1. The molecule has 0 rings (SSSR count). The molecule has 0 spiro atoms. The minimum absolute atomic E-state index is 0.0810. The molecule has 5 nitrogen and oxygen atoms in total. The molecule has 0 fully saturated rings. The van der Waals surface area contributed by atoms with Crippen molar-refractivity contribution in [2.45, 2.75) is 13.3 Å². The SMILES string of the molecule is C=C/C(OC)=C(\C=C(/C)C(=O)N(C)C)OCCCOC. The lowest BCUT2D eigenvalue weighted by Gasteiger charge is -2.14. The number of allylic oxidation sites excluding steroid dienone is 2. The van der Waals surface area contributed by atoms with Crippen LogP contribution in [-0.2, 0) is 19.0 Å². The number of nitrogens with zero attached hydrogens (tertiary/aromatic N) is 1. The highest BCUT2D eigenvalue weighted by molar-refractivity contribution is 5.92. The van der Waals surface area contributed by atoms with Crippen LogP contribution in [0.1, 0.15) is 13.3 Å². The summed E-state index contributed by atoms with van der Waals surface area (Å²) in [5.74, 6) is 0.905. The van der Waals surface area contributed by atoms with E-state index in [1.807, 2.05) is 0 Å². The van der Waals surface area contributed by atoms with Crippen LogP contribution in [0.25, 0.3) is 0 Å². The molecule has 20 heavy (non-hydrogen) atoms. The lowest BCUT2D eigenvalue weighted by molar-refractivity contribution is -0.124. The predicted molar refractivity (Wildman–Crippen MR) is 79.1 cm³/mol. The van der Waals surface area contributed by atoms with E-state index >= 15 is 0 Å². The highest BCUT2D eigenvalue weighted by atomic mass is 16.5. The minimum atomic E-state index is -0.0810. The summed E-state index contributed by atoms with van der Waals surface area (Å²) in [6.07, 6.45) is 3.97. The Morgan fingerprint density at radius 1 is 1.20 bits per heavy atom. The molecular weight excluding hydrogens is 258 g/mol. The van der Waals surface area contributed by atoms with E-state index in [0.29, 0.717) is 30.3 Å². The number of likely N-dealkylation sites (N-methyl/N-ethyl adjacent to an activating group) is 1. The van der Waals surface area contributed by atoms with E-state index in [9.17, 15) is 4.79 Å². The summed E-state index contributed by atoms with van der Waals surface area (Å²) in [5, 5.41) is 0. The maximum Gasteiger partial charge on any atom is 0.249 e. The lowest BCUT2D eigenvalue weighted by Crippen LogP contribution is -2.22. The number of methoxy groups -OCH3 is 2. The molecule has 0 N–H and O–H groups in total. The van der Waals surface area contributed by atoms with Gasteiger partial charge in [0.1, 0.15) is 0 Å². The second-order valence-electron chi connectivity index (χ2n) is 4.36. The molecule has 0 aliphatic heterocycles. The number of carbonyl (C=O) groups excluding carboxylic acids is 1. The maximum atomic E-state index is 11.8. The fourth-order valence-corrected chi connectivity index (χ4v) is 1.46. The Morgan fingerprint density at radius 2 is 1.85 bits per heavy atom. The van der Waals surface area contributed by atoms with Gasteiger partial charge in [-0.2, -0.15) is 0 Å². The van der Waals surface area contributed by atoms with Crippen molar-refractivity contribution < 1.29 is 19.0 Å². The molecule has 0 aliphatic carbocycles. The van der Waals surface area contributed by atoms with Gasteiger partial charge < -0.3 is 19.1 Å². The van der Waals surface area contributed by atoms with Crippen molar-refractivity contribution in [3.8, 4) is 0 Å². The standard InChI is InChI=1S/C15H25NO4/c1-7-13(19-6)14(20-10-8-9-18-5)11-12(2)15(17)16(3)4/h7,11H,1,8-10H2,2-6H3/b12-11+,14-13-. The van der Waals surface area contributed by atoms with Crippen LogP contribution >= 0.6 is 0 Å². The number of hydrogen-bond acceptors (Lipinski definition) is 4. The van der Waals surface area contributed by atoms with E-state index in [1.54, 1.807) is 40.3 Å². The van der Waals surface area contributed by atoms with E-state index in [1.165, 1.54) is 12.0 Å². The van der Waals surface area contributed by atoms with Crippen molar-refractivity contribution in [3.63, 3.8) is 0 Å². The van der Waals surface area contributed by atoms with Crippen molar-refractivity contribution >= 4 is 5.91 Å². The van der Waals surface area contributed by atoms with Gasteiger partial charge in [-0.3, -0.25) is 4.79 Å². The fourth-order valence-electron chi connectivity index (χ4n) is 1.46. The quantitative estimate of drug-likeness (QED) is 0.281. The van der Waals surface area contributed by atoms with Crippen molar-refractivity contribution in [3.05, 3.63) is 35.8 Å². The van der Waals surface area contributed by atoms with Gasteiger partial charge in [-0.25, -0.2) is 0 Å². The van der Waals surface area contributed by atoms with E-state index in [0.717, 1.165) is 6.42 Å². The highest BCUT2D eigenvalue weighted by Gasteiger charge is 2.10. The molecule has 0 bridgehead atoms. The van der Waals surface area contributed by atoms with Gasteiger partial charge in [0, 0.05) is 39.8 Å². The van der Waals surface area contributed by atoms with Crippen LogP contribution in [0, 0.1) is 0 Å². The first-order valence-electron chi connectivity index (χ1n) is 6.40. The molecule has 0 aliphatic rings. The van der Waals surface area contributed by atoms with Crippen LogP contribution in [0.4, 0.5) is 0 Å². The zero-order valence-electron chi connectivity index (χ0n) is 13.1. The van der Waals surface area contributed by atoms with Gasteiger partial charge in [0.2, 0.25) is 5.91 Å². The second-order valence-corrected chi connectivity index (χ2v) is 4.36. The third-order valence-electron chi connectivity index (χ3n) is 2.49. The number of carbonyl (C=O) groups is 1. The molecule has 5 heteroatoms. The second kappa shape index (κ2) is 10.1. The fraction of sp³-hybridized carbons (Fsp3) is 0.533. The van der Waals surface area contributed by atoms with Crippen molar-refractivity contribution in [2.75, 3.05) is 41.5 Å². The molecule has 114 valence electrons. The van der Waals surface area contributed by atoms with Crippen LogP contribution in [-0.4, -0.2) is 52.3 Å². The predicted octanol–water partition coefficient (Wildman–Crippen LogP) is 2.12. The molecule has 0 radical (unpaired) electrons. The van der Waals surface area contributed by atoms with E-state index in [-0.39, 0.29) is 5.91 Å². The summed E-state index contributed by atoms with van der Waals surface area (Å²) in [6.45, 7) is 6.50. The summed E-state index contributed by atoms with van der Waals surface area (Å²) < 4.78 is 15.8. The van der Waals surface area contributed by atoms with Crippen LogP contribution in [0.5, 0.6) is 0 Å². The summed E-state index contributed by atoms with van der Waals surface area (Å²) >= 11 is 0. The molecule has 1 amide bonds. The molecule has 0 aromatic heterocycles. The van der Waals surface area contributed by atoms with Gasteiger partial charge in [-0.05, 0) is 19.1 Å². The third kappa shape index (κ3) is 6.43. The minimum Gasteiger partial charge on any atom is -0.493 e. The average molecular weight is 283 g/mol. The largest absolute Gasteiger partial charge is 0.493 e. The van der Waals surface area contributed by atoms with Gasteiger partial charge in [0.05, 0.1) is 13.7 Å². The highest BCUT2D eigenvalue weighted by Crippen LogP contribution is 2.14. The number of amides is 1. The molecular formula is C15H25NO4. The molecule has 0 saturated heterocycles. The van der Waals surface area contributed by atoms with Crippen molar-refractivity contribution in [2.24, 2.45) is 0 Å². The van der Waals surface area contributed by atoms with Crippen LogP contribution in [0.2, 0.25) is 0 Å². The number of rotatable bonds is 9. The lowest BCUT2D eigenvalue weighted by atomic mass is 10.2. The summed E-state index contributed by atoms with van der Waals surface area (Å²) in [4.78, 5) is 13.4. The van der Waals surface area contributed by atoms with Gasteiger partial charge >= 0.3 is 0 Å². The molecule has 0 aromatic rings. The van der Waals surface area contributed by atoms with E-state index < -0.39 is 0 Å². The third-order valence-corrected chi connectivity index (χ3v) is 2.49. The summed E-state index contributed by atoms with van der Waals surface area (Å²) in [6, 6.07) is 0.